The summed E-state index contributed by atoms with van der Waals surface area (Å²) in [5, 5.41) is 7.35. The summed E-state index contributed by atoms with van der Waals surface area (Å²) < 4.78 is 5.38. The molecule has 5 nitrogen and oxygen atoms in total. The highest BCUT2D eigenvalue weighted by Gasteiger charge is 2.33. The van der Waals surface area contributed by atoms with E-state index in [0.29, 0.717) is 0 Å². The predicted octanol–water partition coefficient (Wildman–Crippen LogP) is 2.41. The highest BCUT2D eigenvalue weighted by molar-refractivity contribution is 7.99. The zero-order valence-corrected chi connectivity index (χ0v) is 11.4. The molecule has 1 aliphatic heterocycles. The average Bonchev–Trinajstić information content (AvgIpc) is 2.97. The van der Waals surface area contributed by atoms with E-state index in [9.17, 15) is 4.79 Å². The van der Waals surface area contributed by atoms with Crippen molar-refractivity contribution in [1.29, 1.82) is 0 Å². The summed E-state index contributed by atoms with van der Waals surface area (Å²) in [4.78, 5) is 15.7. The molecule has 0 aliphatic carbocycles. The molecule has 1 aromatic rings. The normalized spacial score (nSPS) is 23.3. The van der Waals surface area contributed by atoms with Crippen LogP contribution in [0.4, 0.5) is 0 Å². The van der Waals surface area contributed by atoms with Crippen molar-refractivity contribution in [1.82, 2.24) is 15.2 Å². The van der Waals surface area contributed by atoms with E-state index in [-0.39, 0.29) is 18.0 Å². The number of esters is 1. The fourth-order valence-corrected chi connectivity index (χ4v) is 2.92. The maximum atomic E-state index is 11.7. The predicted molar refractivity (Wildman–Crippen MR) is 69.2 cm³/mol. The number of thioether (sulfide) groups is 1. The van der Waals surface area contributed by atoms with E-state index in [2.05, 4.69) is 22.1 Å². The molecule has 18 heavy (non-hydrogen) atoms. The summed E-state index contributed by atoms with van der Waals surface area (Å²) >= 11 is 1.55. The van der Waals surface area contributed by atoms with Gasteiger partial charge in [-0.05, 0) is 12.8 Å². The van der Waals surface area contributed by atoms with Crippen LogP contribution in [0.3, 0.4) is 0 Å². The quantitative estimate of drug-likeness (QED) is 0.468. The van der Waals surface area contributed by atoms with Gasteiger partial charge in [0.2, 0.25) is 0 Å². The number of aromatic amines is 1. The molecule has 1 N–H and O–H groups in total. The molecular formula is C12H19N3O2S. The number of ether oxygens (including phenoxy) is 1. The van der Waals surface area contributed by atoms with Crippen LogP contribution in [0.15, 0.2) is 11.5 Å². The van der Waals surface area contributed by atoms with Crippen LogP contribution in [0.5, 0.6) is 0 Å². The van der Waals surface area contributed by atoms with Gasteiger partial charge in [0.25, 0.3) is 0 Å². The Labute approximate surface area is 111 Å². The number of nitrogens with one attached hydrogen (secondary N) is 1. The van der Waals surface area contributed by atoms with Crippen molar-refractivity contribution >= 4 is 17.7 Å². The first-order valence-corrected chi connectivity index (χ1v) is 7.46. The highest BCUT2D eigenvalue weighted by atomic mass is 32.2. The third kappa shape index (κ3) is 3.73. The lowest BCUT2D eigenvalue weighted by Gasteiger charge is -2.06. The fourth-order valence-electron chi connectivity index (χ4n) is 2.14. The number of nitrogens with zero attached hydrogens (tertiary/aromatic N) is 2. The lowest BCUT2D eigenvalue weighted by atomic mass is 9.98. The third-order valence-electron chi connectivity index (χ3n) is 3.12. The number of hydrogen-bond donors (Lipinski definition) is 1. The van der Waals surface area contributed by atoms with E-state index in [1.54, 1.807) is 11.8 Å². The maximum absolute atomic E-state index is 11.7. The summed E-state index contributed by atoms with van der Waals surface area (Å²) in [7, 11) is 0. The lowest BCUT2D eigenvalue weighted by Crippen LogP contribution is -2.09. The molecule has 2 heterocycles. The van der Waals surface area contributed by atoms with Crippen LogP contribution in [0.2, 0.25) is 0 Å². The van der Waals surface area contributed by atoms with Gasteiger partial charge >= 0.3 is 5.97 Å². The van der Waals surface area contributed by atoms with Gasteiger partial charge in [0.15, 0.2) is 5.16 Å². The molecule has 0 radical (unpaired) electrons. The minimum Gasteiger partial charge on any atom is -0.461 e. The molecule has 0 bridgehead atoms. The monoisotopic (exact) mass is 269 g/mol. The zero-order valence-electron chi connectivity index (χ0n) is 10.6. The Balaban J connectivity index is 1.71. The molecule has 0 aromatic carbocycles. The first-order chi connectivity index (χ1) is 8.79. The standard InChI is InChI=1S/C12H19N3O2S/c1-2-3-4-5-9-6-10(17-11(9)16)7-18-12-13-8-14-15-12/h8-10H,2-7H2,1H3,(H,13,14,15). The number of cyclic esters (lactones) is 1. The van der Waals surface area contributed by atoms with Crippen LogP contribution in [0.25, 0.3) is 0 Å². The number of carbonyl (C=O) groups excluding carboxylic acids is 1. The van der Waals surface area contributed by atoms with E-state index < -0.39 is 0 Å². The lowest BCUT2D eigenvalue weighted by molar-refractivity contribution is -0.143. The largest absolute Gasteiger partial charge is 0.461 e. The topological polar surface area (TPSA) is 67.9 Å². The summed E-state index contributed by atoms with van der Waals surface area (Å²) in [5.41, 5.74) is 0. The van der Waals surface area contributed by atoms with Crippen LogP contribution in [-0.4, -0.2) is 33.0 Å². The van der Waals surface area contributed by atoms with Gasteiger partial charge in [-0.1, -0.05) is 37.9 Å². The van der Waals surface area contributed by atoms with Gasteiger partial charge in [0, 0.05) is 5.75 Å². The van der Waals surface area contributed by atoms with Gasteiger partial charge < -0.3 is 4.74 Å². The first kappa shape index (κ1) is 13.4. The second-order valence-corrected chi connectivity index (χ2v) is 5.60. The molecule has 0 spiro atoms. The fraction of sp³-hybridized carbons (Fsp3) is 0.750. The van der Waals surface area contributed by atoms with Crippen LogP contribution >= 0.6 is 11.8 Å². The molecule has 1 fully saturated rings. The van der Waals surface area contributed by atoms with Crippen molar-refractivity contribution in [3.8, 4) is 0 Å². The molecule has 2 atom stereocenters. The summed E-state index contributed by atoms with van der Waals surface area (Å²) in [6.45, 7) is 2.17. The first-order valence-electron chi connectivity index (χ1n) is 6.48. The third-order valence-corrected chi connectivity index (χ3v) is 4.13. The van der Waals surface area contributed by atoms with E-state index in [0.717, 1.165) is 30.2 Å². The van der Waals surface area contributed by atoms with Crippen LogP contribution in [0, 0.1) is 5.92 Å². The Hall–Kier alpha value is -1.04. The molecule has 0 amide bonds. The smallest absolute Gasteiger partial charge is 0.309 e. The van der Waals surface area contributed by atoms with Crippen LogP contribution in [-0.2, 0) is 9.53 Å². The second kappa shape index (κ2) is 6.78. The van der Waals surface area contributed by atoms with Gasteiger partial charge in [0.05, 0.1) is 5.92 Å². The number of H-pyrrole nitrogens is 1. The summed E-state index contributed by atoms with van der Waals surface area (Å²) in [6.07, 6.45) is 6.84. The van der Waals surface area contributed by atoms with Gasteiger partial charge in [-0.2, -0.15) is 5.10 Å². The number of hydrogen-bond acceptors (Lipinski definition) is 5. The minimum atomic E-state index is -0.0192. The number of unbranched alkanes of at least 4 members (excludes halogenated alkanes) is 2. The summed E-state index contributed by atoms with van der Waals surface area (Å²) in [6, 6.07) is 0. The minimum absolute atomic E-state index is 0.0192. The maximum Gasteiger partial charge on any atom is 0.309 e. The molecule has 1 aromatic heterocycles. The van der Waals surface area contributed by atoms with E-state index in [1.807, 2.05) is 0 Å². The summed E-state index contributed by atoms with van der Waals surface area (Å²) in [5.74, 6) is 0.844. The molecular weight excluding hydrogens is 250 g/mol. The van der Waals surface area contributed by atoms with Crippen molar-refractivity contribution < 1.29 is 9.53 Å². The second-order valence-electron chi connectivity index (χ2n) is 4.59. The van der Waals surface area contributed by atoms with Crippen molar-refractivity contribution in [3.63, 3.8) is 0 Å². The van der Waals surface area contributed by atoms with E-state index in [1.165, 1.54) is 19.2 Å². The van der Waals surface area contributed by atoms with Crippen molar-refractivity contribution in [2.24, 2.45) is 5.92 Å². The van der Waals surface area contributed by atoms with Crippen molar-refractivity contribution in [2.45, 2.75) is 50.3 Å². The van der Waals surface area contributed by atoms with Gasteiger partial charge in [-0.25, -0.2) is 4.98 Å². The number of aromatic nitrogens is 3. The van der Waals surface area contributed by atoms with Gasteiger partial charge in [-0.15, -0.1) is 0 Å². The van der Waals surface area contributed by atoms with Gasteiger partial charge in [0.1, 0.15) is 12.4 Å². The number of carbonyl (C=O) groups is 1. The average molecular weight is 269 g/mol. The molecule has 2 unspecified atom stereocenters. The molecule has 0 saturated carbocycles. The van der Waals surface area contributed by atoms with Gasteiger partial charge in [-0.3, -0.25) is 9.89 Å². The van der Waals surface area contributed by atoms with Crippen molar-refractivity contribution in [2.75, 3.05) is 5.75 Å². The van der Waals surface area contributed by atoms with Crippen LogP contribution in [0.1, 0.15) is 39.0 Å². The molecule has 1 aliphatic rings. The van der Waals surface area contributed by atoms with E-state index >= 15 is 0 Å². The Morgan fingerprint density at radius 3 is 3.17 bits per heavy atom. The zero-order chi connectivity index (χ0) is 12.8. The Kier molecular flexibility index (Phi) is 5.04. The van der Waals surface area contributed by atoms with Crippen molar-refractivity contribution in [3.05, 3.63) is 6.33 Å². The molecule has 2 rings (SSSR count). The number of rotatable bonds is 7. The SMILES string of the molecule is CCCCCC1CC(CSc2ncn[nH]2)OC1=O. The molecule has 1 saturated heterocycles. The Bertz CT molecular complexity index is 369. The highest BCUT2D eigenvalue weighted by Crippen LogP contribution is 2.29. The van der Waals surface area contributed by atoms with Crippen LogP contribution < -0.4 is 0 Å². The van der Waals surface area contributed by atoms with E-state index in [4.69, 9.17) is 4.74 Å². The Morgan fingerprint density at radius 2 is 2.44 bits per heavy atom. The molecule has 6 heteroatoms. The molecule has 100 valence electrons. The Morgan fingerprint density at radius 1 is 1.56 bits per heavy atom.